The van der Waals surface area contributed by atoms with Crippen LogP contribution in [0.25, 0.3) is 0 Å². The van der Waals surface area contributed by atoms with Crippen LogP contribution >= 0.6 is 22.6 Å². The van der Waals surface area contributed by atoms with Crippen LogP contribution in [0, 0.1) is 10.5 Å². The third kappa shape index (κ3) is 4.41. The lowest BCUT2D eigenvalue weighted by Gasteiger charge is -2.20. The molecule has 0 unspecified atom stereocenters. The Hall–Kier alpha value is -0.700. The molecule has 19 heavy (non-hydrogen) atoms. The molecule has 0 bridgehead atoms. The summed E-state index contributed by atoms with van der Waals surface area (Å²) in [6.07, 6.45) is 0. The Bertz CT molecular complexity index is 617. The Morgan fingerprint density at radius 1 is 1.32 bits per heavy atom. The highest BCUT2D eigenvalue weighted by atomic mass is 127. The number of hydrogen-bond acceptors (Lipinski definition) is 4. The van der Waals surface area contributed by atoms with E-state index in [1.165, 1.54) is 6.07 Å². The van der Waals surface area contributed by atoms with Gasteiger partial charge in [0.1, 0.15) is 10.5 Å². The van der Waals surface area contributed by atoms with Crippen LogP contribution < -0.4 is 0 Å². The first-order chi connectivity index (χ1) is 8.42. The predicted octanol–water partition coefficient (Wildman–Crippen LogP) is 3.21. The van der Waals surface area contributed by atoms with Crippen molar-refractivity contribution in [3.63, 3.8) is 0 Å². The third-order valence-electron chi connectivity index (χ3n) is 2.22. The van der Waals surface area contributed by atoms with Crippen LogP contribution in [-0.2, 0) is 15.0 Å². The first kappa shape index (κ1) is 16.4. The van der Waals surface area contributed by atoms with Crippen molar-refractivity contribution < 1.29 is 21.8 Å². The standard InChI is InChI=1S/C12H14FIO4S/c1-7-9(11(15)18-12(2,3)4)5-8(6-10(7)14)19(13,16)17/h5-6H,1-4H3. The van der Waals surface area contributed by atoms with Gasteiger partial charge in [-0.2, -0.15) is 8.42 Å². The fourth-order valence-corrected chi connectivity index (χ4v) is 2.69. The van der Waals surface area contributed by atoms with Gasteiger partial charge in [0.2, 0.25) is 0 Å². The molecular weight excluding hydrogens is 386 g/mol. The van der Waals surface area contributed by atoms with E-state index >= 15 is 0 Å². The number of rotatable bonds is 2. The number of hydrogen-bond donors (Lipinski definition) is 0. The molecule has 7 heteroatoms. The molecular formula is C12H14FIO4S. The molecule has 0 aromatic heterocycles. The van der Waals surface area contributed by atoms with Gasteiger partial charge in [-0.05, 0) is 68.0 Å². The van der Waals surface area contributed by atoms with E-state index in [9.17, 15) is 17.1 Å². The second-order valence-electron chi connectivity index (χ2n) is 5.02. The van der Waals surface area contributed by atoms with E-state index < -0.39 is 26.7 Å². The first-order valence-corrected chi connectivity index (χ1v) is 7.86. The molecule has 0 aliphatic rings. The molecule has 1 aromatic carbocycles. The predicted molar refractivity (Wildman–Crippen MR) is 77.4 cm³/mol. The smallest absolute Gasteiger partial charge is 0.338 e. The summed E-state index contributed by atoms with van der Waals surface area (Å²) in [4.78, 5) is 11.4. The van der Waals surface area contributed by atoms with Crippen LogP contribution in [0.5, 0.6) is 0 Å². The van der Waals surface area contributed by atoms with Crippen molar-refractivity contribution in [3.8, 4) is 0 Å². The molecule has 1 aromatic rings. The molecule has 0 spiro atoms. The number of halogens is 2. The summed E-state index contributed by atoms with van der Waals surface area (Å²) in [5.74, 6) is -0.673. The highest BCUT2D eigenvalue weighted by Gasteiger charge is 2.23. The summed E-state index contributed by atoms with van der Waals surface area (Å²) in [7, 11) is -4.85. The molecule has 1 rings (SSSR count). The van der Waals surface area contributed by atoms with Gasteiger partial charge in [-0.3, -0.25) is 0 Å². The molecule has 0 amide bonds. The summed E-state index contributed by atoms with van der Waals surface area (Å²) in [5, 5.41) is 0. The normalized spacial score (nSPS) is 12.3. The molecule has 0 atom stereocenters. The average Bonchev–Trinajstić information content (AvgIpc) is 2.17. The summed E-state index contributed by atoms with van der Waals surface area (Å²) in [6, 6.07) is 2.18. The highest BCUT2D eigenvalue weighted by molar-refractivity contribution is 14.1. The molecule has 0 saturated carbocycles. The Kier molecular flexibility index (Phi) is 4.61. The van der Waals surface area contributed by atoms with E-state index in [1.54, 1.807) is 27.7 Å². The van der Waals surface area contributed by atoms with Crippen molar-refractivity contribution in [3.05, 3.63) is 26.8 Å². The number of carbonyl (C=O) groups excluding carboxylic acids is 1. The summed E-state index contributed by atoms with van der Waals surface area (Å²) in [5.41, 5.74) is -0.0974. The van der Waals surface area contributed by atoms with Crippen LogP contribution in [0.3, 0.4) is 0 Å². The lowest BCUT2D eigenvalue weighted by molar-refractivity contribution is 0.00684. The Morgan fingerprint density at radius 2 is 1.84 bits per heavy atom. The molecule has 0 N–H and O–H groups in total. The maximum atomic E-state index is 13.0. The minimum atomic E-state index is -4.85. The summed E-state index contributed by atoms with van der Waals surface area (Å²) < 4.78 is 40.6. The van der Waals surface area contributed by atoms with Crippen molar-refractivity contribution in [1.29, 1.82) is 0 Å². The number of benzene rings is 1. The second-order valence-corrected chi connectivity index (χ2v) is 7.53. The van der Waals surface area contributed by atoms with E-state index in [4.69, 9.17) is 4.74 Å². The molecule has 0 fully saturated rings. The lowest BCUT2D eigenvalue weighted by atomic mass is 10.1. The Morgan fingerprint density at radius 3 is 2.26 bits per heavy atom. The van der Waals surface area contributed by atoms with Gasteiger partial charge in [0.15, 0.2) is 0 Å². The molecule has 0 aliphatic carbocycles. The molecule has 0 saturated heterocycles. The zero-order valence-electron chi connectivity index (χ0n) is 11.0. The monoisotopic (exact) mass is 400 g/mol. The van der Waals surface area contributed by atoms with Gasteiger partial charge >= 0.3 is 16.2 Å². The van der Waals surface area contributed by atoms with E-state index in [1.807, 2.05) is 22.6 Å². The van der Waals surface area contributed by atoms with Crippen molar-refractivity contribution in [2.45, 2.75) is 38.2 Å². The lowest BCUT2D eigenvalue weighted by Crippen LogP contribution is -2.24. The number of carbonyl (C=O) groups is 1. The van der Waals surface area contributed by atoms with Gasteiger partial charge in [-0.15, -0.1) is 3.89 Å². The minimum Gasteiger partial charge on any atom is -0.456 e. The Balaban J connectivity index is 3.36. The van der Waals surface area contributed by atoms with E-state index in [2.05, 4.69) is 0 Å². The minimum absolute atomic E-state index is 0.0537. The SMILES string of the molecule is Cc1c(I)cc(S(=O)(=O)F)cc1C(=O)OC(C)(C)C. The second kappa shape index (κ2) is 5.35. The summed E-state index contributed by atoms with van der Waals surface area (Å²) >= 11 is 1.85. The highest BCUT2D eigenvalue weighted by Crippen LogP contribution is 2.25. The quantitative estimate of drug-likeness (QED) is 0.435. The Labute approximate surface area is 125 Å². The third-order valence-corrected chi connectivity index (χ3v) is 4.14. The van der Waals surface area contributed by atoms with Gasteiger partial charge in [0, 0.05) is 3.57 Å². The number of esters is 1. The van der Waals surface area contributed by atoms with Crippen molar-refractivity contribution in [2.75, 3.05) is 0 Å². The fourth-order valence-electron chi connectivity index (χ4n) is 1.34. The fraction of sp³-hybridized carbons (Fsp3) is 0.417. The van der Waals surface area contributed by atoms with Crippen molar-refractivity contribution in [1.82, 2.24) is 0 Å². The molecule has 106 valence electrons. The van der Waals surface area contributed by atoms with Crippen LogP contribution in [0.15, 0.2) is 17.0 Å². The summed E-state index contributed by atoms with van der Waals surface area (Å²) in [6.45, 7) is 6.73. The van der Waals surface area contributed by atoms with E-state index in [0.717, 1.165) is 6.07 Å². The zero-order chi connectivity index (χ0) is 15.0. The van der Waals surface area contributed by atoms with Crippen LogP contribution in [0.4, 0.5) is 3.89 Å². The van der Waals surface area contributed by atoms with Crippen molar-refractivity contribution in [2.24, 2.45) is 0 Å². The van der Waals surface area contributed by atoms with Crippen LogP contribution in [-0.4, -0.2) is 20.0 Å². The van der Waals surface area contributed by atoms with Gasteiger partial charge < -0.3 is 4.74 Å². The molecule has 4 nitrogen and oxygen atoms in total. The maximum absolute atomic E-state index is 13.0. The zero-order valence-corrected chi connectivity index (χ0v) is 13.9. The van der Waals surface area contributed by atoms with Crippen LogP contribution in [0.1, 0.15) is 36.7 Å². The van der Waals surface area contributed by atoms with Gasteiger partial charge in [0.25, 0.3) is 0 Å². The largest absolute Gasteiger partial charge is 0.456 e. The average molecular weight is 400 g/mol. The van der Waals surface area contributed by atoms with E-state index in [-0.39, 0.29) is 5.56 Å². The first-order valence-electron chi connectivity index (χ1n) is 5.40. The van der Waals surface area contributed by atoms with Crippen LogP contribution in [0.2, 0.25) is 0 Å². The topological polar surface area (TPSA) is 60.4 Å². The maximum Gasteiger partial charge on any atom is 0.338 e. The molecule has 0 heterocycles. The van der Waals surface area contributed by atoms with Gasteiger partial charge in [-0.1, -0.05) is 0 Å². The van der Waals surface area contributed by atoms with Crippen molar-refractivity contribution >= 4 is 38.8 Å². The van der Waals surface area contributed by atoms with Gasteiger partial charge in [-0.25, -0.2) is 4.79 Å². The molecule has 0 aliphatic heterocycles. The molecule has 0 radical (unpaired) electrons. The van der Waals surface area contributed by atoms with E-state index in [0.29, 0.717) is 9.13 Å². The van der Waals surface area contributed by atoms with Gasteiger partial charge in [0.05, 0.1) is 5.56 Å². The number of ether oxygens (including phenoxy) is 1.